The first-order chi connectivity index (χ1) is 8.99. The molecule has 2 aromatic rings. The van der Waals surface area contributed by atoms with Crippen molar-refractivity contribution in [3.05, 3.63) is 52.9 Å². The second kappa shape index (κ2) is 5.48. The van der Waals surface area contributed by atoms with Crippen molar-refractivity contribution in [3.63, 3.8) is 0 Å². The molecular weight excluding hydrogens is 248 g/mol. The van der Waals surface area contributed by atoms with E-state index in [9.17, 15) is 8.78 Å². The minimum Gasteiger partial charge on any atom is -0.324 e. The van der Waals surface area contributed by atoms with Crippen LogP contribution in [-0.2, 0) is 19.9 Å². The third-order valence-electron chi connectivity index (χ3n) is 3.05. The average Bonchev–Trinajstić information content (AvgIpc) is 2.69. The minimum atomic E-state index is -0.580. The number of nitrogens with two attached hydrogens (primary N) is 1. The van der Waals surface area contributed by atoms with E-state index < -0.39 is 11.6 Å². The average molecular weight is 265 g/mol. The van der Waals surface area contributed by atoms with E-state index in [0.29, 0.717) is 12.0 Å². The van der Waals surface area contributed by atoms with Crippen molar-refractivity contribution < 1.29 is 8.78 Å². The van der Waals surface area contributed by atoms with Gasteiger partial charge in [-0.2, -0.15) is 5.10 Å². The van der Waals surface area contributed by atoms with Crippen molar-refractivity contribution in [2.75, 3.05) is 0 Å². The summed E-state index contributed by atoms with van der Waals surface area (Å²) in [6.07, 6.45) is 3.02. The van der Waals surface area contributed by atoms with Gasteiger partial charge in [-0.1, -0.05) is 6.92 Å². The SMILES string of the molecule is CCc1nn(C)cc1C(N)Cc1cc(F)cc(F)c1. The fraction of sp³-hybridized carbons (Fsp3) is 0.357. The molecule has 5 heteroatoms. The predicted octanol–water partition coefficient (Wildman–Crippen LogP) is 2.50. The molecule has 0 amide bonds. The number of aryl methyl sites for hydroxylation is 2. The Morgan fingerprint density at radius 1 is 1.26 bits per heavy atom. The second-order valence-electron chi connectivity index (χ2n) is 4.65. The molecule has 1 atom stereocenters. The number of hydrogen-bond acceptors (Lipinski definition) is 2. The standard InChI is InChI=1S/C14H17F2N3/c1-3-14-12(8-19(2)18-14)13(17)6-9-4-10(15)7-11(16)5-9/h4-5,7-8,13H,3,6,17H2,1-2H3. The molecule has 0 radical (unpaired) electrons. The molecule has 2 N–H and O–H groups in total. The zero-order valence-corrected chi connectivity index (χ0v) is 11.0. The molecule has 19 heavy (non-hydrogen) atoms. The lowest BCUT2D eigenvalue weighted by Crippen LogP contribution is -2.14. The zero-order valence-electron chi connectivity index (χ0n) is 11.0. The van der Waals surface area contributed by atoms with Gasteiger partial charge in [0.1, 0.15) is 11.6 Å². The molecule has 102 valence electrons. The van der Waals surface area contributed by atoms with E-state index >= 15 is 0 Å². The Kier molecular flexibility index (Phi) is 3.95. The van der Waals surface area contributed by atoms with Crippen molar-refractivity contribution in [1.82, 2.24) is 9.78 Å². The summed E-state index contributed by atoms with van der Waals surface area (Å²) in [6, 6.07) is 3.16. The fourth-order valence-electron chi connectivity index (χ4n) is 2.23. The lowest BCUT2D eigenvalue weighted by atomic mass is 9.99. The van der Waals surface area contributed by atoms with Crippen molar-refractivity contribution in [2.24, 2.45) is 12.8 Å². The van der Waals surface area contributed by atoms with E-state index in [0.717, 1.165) is 23.7 Å². The molecule has 0 saturated carbocycles. The number of halogens is 2. The Morgan fingerprint density at radius 2 is 1.89 bits per heavy atom. The summed E-state index contributed by atoms with van der Waals surface area (Å²) in [6.45, 7) is 2.00. The van der Waals surface area contributed by atoms with Crippen molar-refractivity contribution >= 4 is 0 Å². The van der Waals surface area contributed by atoms with Crippen molar-refractivity contribution in [1.29, 1.82) is 0 Å². The van der Waals surface area contributed by atoms with Crippen LogP contribution in [0.4, 0.5) is 8.78 Å². The Morgan fingerprint density at radius 3 is 2.47 bits per heavy atom. The van der Waals surface area contributed by atoms with Crippen molar-refractivity contribution in [3.8, 4) is 0 Å². The molecule has 0 saturated heterocycles. The summed E-state index contributed by atoms with van der Waals surface area (Å²) in [5.74, 6) is -1.16. The molecule has 0 fully saturated rings. The van der Waals surface area contributed by atoms with Gasteiger partial charge >= 0.3 is 0 Å². The topological polar surface area (TPSA) is 43.8 Å². The highest BCUT2D eigenvalue weighted by molar-refractivity contribution is 5.26. The van der Waals surface area contributed by atoms with Crippen LogP contribution in [0.2, 0.25) is 0 Å². The van der Waals surface area contributed by atoms with Crippen LogP contribution in [0.5, 0.6) is 0 Å². The maximum Gasteiger partial charge on any atom is 0.126 e. The van der Waals surface area contributed by atoms with Crippen LogP contribution in [0, 0.1) is 11.6 Å². The van der Waals surface area contributed by atoms with Crippen LogP contribution in [0.3, 0.4) is 0 Å². The van der Waals surface area contributed by atoms with Gasteiger partial charge in [0, 0.05) is 30.9 Å². The number of rotatable bonds is 4. The smallest absolute Gasteiger partial charge is 0.126 e. The maximum absolute atomic E-state index is 13.1. The van der Waals surface area contributed by atoms with Gasteiger partial charge < -0.3 is 5.73 Å². The summed E-state index contributed by atoms with van der Waals surface area (Å²) in [5.41, 5.74) is 8.52. The van der Waals surface area contributed by atoms with Gasteiger partial charge in [-0.05, 0) is 30.5 Å². The molecule has 0 aliphatic heterocycles. The number of benzene rings is 1. The Labute approximate surface area is 111 Å². The summed E-state index contributed by atoms with van der Waals surface area (Å²) in [5, 5.41) is 4.32. The minimum absolute atomic E-state index is 0.315. The summed E-state index contributed by atoms with van der Waals surface area (Å²) in [4.78, 5) is 0. The highest BCUT2D eigenvalue weighted by atomic mass is 19.1. The summed E-state index contributed by atoms with van der Waals surface area (Å²) >= 11 is 0. The van der Waals surface area contributed by atoms with E-state index in [1.54, 1.807) is 4.68 Å². The molecule has 0 aliphatic carbocycles. The van der Waals surface area contributed by atoms with Crippen molar-refractivity contribution in [2.45, 2.75) is 25.8 Å². The molecular formula is C14H17F2N3. The number of hydrogen-bond donors (Lipinski definition) is 1. The third-order valence-corrected chi connectivity index (χ3v) is 3.05. The predicted molar refractivity (Wildman–Crippen MR) is 69.6 cm³/mol. The third kappa shape index (κ3) is 3.17. The molecule has 1 aromatic heterocycles. The summed E-state index contributed by atoms with van der Waals surface area (Å²) in [7, 11) is 1.83. The van der Waals surface area contributed by atoms with Crippen LogP contribution in [0.15, 0.2) is 24.4 Å². The van der Waals surface area contributed by atoms with Gasteiger partial charge in [0.25, 0.3) is 0 Å². The largest absolute Gasteiger partial charge is 0.324 e. The lowest BCUT2D eigenvalue weighted by Gasteiger charge is -2.11. The van der Waals surface area contributed by atoms with Gasteiger partial charge in [-0.15, -0.1) is 0 Å². The van der Waals surface area contributed by atoms with Gasteiger partial charge in [0.2, 0.25) is 0 Å². The maximum atomic E-state index is 13.1. The van der Waals surface area contributed by atoms with Crippen LogP contribution in [0.25, 0.3) is 0 Å². The Hall–Kier alpha value is -1.75. The lowest BCUT2D eigenvalue weighted by molar-refractivity contribution is 0.576. The molecule has 1 unspecified atom stereocenters. The fourth-order valence-corrected chi connectivity index (χ4v) is 2.23. The van der Waals surface area contributed by atoms with Gasteiger partial charge in [0.15, 0.2) is 0 Å². The highest BCUT2D eigenvalue weighted by Gasteiger charge is 2.15. The van der Waals surface area contributed by atoms with Crippen LogP contribution in [-0.4, -0.2) is 9.78 Å². The van der Waals surface area contributed by atoms with E-state index in [2.05, 4.69) is 5.10 Å². The van der Waals surface area contributed by atoms with Gasteiger partial charge in [-0.3, -0.25) is 4.68 Å². The second-order valence-corrected chi connectivity index (χ2v) is 4.65. The van der Waals surface area contributed by atoms with Crippen LogP contribution in [0.1, 0.15) is 29.8 Å². The Bertz CT molecular complexity index is 558. The molecule has 2 rings (SSSR count). The zero-order chi connectivity index (χ0) is 14.0. The molecule has 0 spiro atoms. The van der Waals surface area contributed by atoms with E-state index in [1.807, 2.05) is 20.2 Å². The van der Waals surface area contributed by atoms with E-state index in [-0.39, 0.29) is 6.04 Å². The molecule has 0 aliphatic rings. The Balaban J connectivity index is 2.22. The van der Waals surface area contributed by atoms with E-state index in [4.69, 9.17) is 5.73 Å². The number of aromatic nitrogens is 2. The number of nitrogens with zero attached hydrogens (tertiary/aromatic N) is 2. The van der Waals surface area contributed by atoms with Gasteiger partial charge in [-0.25, -0.2) is 8.78 Å². The molecule has 0 bridgehead atoms. The summed E-state index contributed by atoms with van der Waals surface area (Å²) < 4.78 is 28.0. The molecule has 1 aromatic carbocycles. The van der Waals surface area contributed by atoms with Gasteiger partial charge in [0.05, 0.1) is 5.69 Å². The first kappa shape index (κ1) is 13.7. The first-order valence-corrected chi connectivity index (χ1v) is 6.22. The first-order valence-electron chi connectivity index (χ1n) is 6.22. The van der Waals surface area contributed by atoms with Crippen LogP contribution >= 0.6 is 0 Å². The monoisotopic (exact) mass is 265 g/mol. The molecule has 3 nitrogen and oxygen atoms in total. The highest BCUT2D eigenvalue weighted by Crippen LogP contribution is 2.20. The normalized spacial score (nSPS) is 12.7. The van der Waals surface area contributed by atoms with E-state index in [1.165, 1.54) is 12.1 Å². The van der Waals surface area contributed by atoms with Crippen LogP contribution < -0.4 is 5.73 Å². The quantitative estimate of drug-likeness (QED) is 0.923. The molecule has 1 heterocycles.